The van der Waals surface area contributed by atoms with Gasteiger partial charge in [0, 0.05) is 31.0 Å². The summed E-state index contributed by atoms with van der Waals surface area (Å²) in [6.45, 7) is 9.26. The Balaban J connectivity index is 1.72. The Morgan fingerprint density at radius 2 is 2.07 bits per heavy atom. The van der Waals surface area contributed by atoms with Crippen molar-refractivity contribution >= 4 is 16.7 Å². The minimum atomic E-state index is 0.592. The van der Waals surface area contributed by atoms with Crippen LogP contribution in [0.15, 0.2) is 0 Å². The largest absolute Gasteiger partial charge is 0.346 e. The topological polar surface area (TPSA) is 29.0 Å². The normalized spacial score (nSPS) is 31.8. The van der Waals surface area contributed by atoms with Crippen LogP contribution in [-0.2, 0) is 6.42 Å². The number of piperidine rings is 1. The molecule has 0 bridgehead atoms. The molecule has 82 valence electrons. The summed E-state index contributed by atoms with van der Waals surface area (Å²) >= 11 is 1.56. The Labute approximate surface area is 94.7 Å². The summed E-state index contributed by atoms with van der Waals surface area (Å²) < 4.78 is 4.34. The Morgan fingerprint density at radius 3 is 2.60 bits per heavy atom. The summed E-state index contributed by atoms with van der Waals surface area (Å²) in [7, 11) is 0. The molecule has 2 unspecified atom stereocenters. The number of hydrogen-bond acceptors (Lipinski definition) is 4. The number of anilines is 1. The number of rotatable bonds is 2. The van der Waals surface area contributed by atoms with Gasteiger partial charge in [-0.3, -0.25) is 0 Å². The van der Waals surface area contributed by atoms with Gasteiger partial charge in [0.25, 0.3) is 0 Å². The first-order valence-electron chi connectivity index (χ1n) is 5.70. The maximum atomic E-state index is 4.55. The third-order valence-corrected chi connectivity index (χ3v) is 4.98. The molecule has 1 saturated carbocycles. The molecule has 0 N–H and O–H groups in total. The first-order chi connectivity index (χ1) is 7.13. The van der Waals surface area contributed by atoms with Gasteiger partial charge in [0.1, 0.15) is 5.82 Å². The van der Waals surface area contributed by atoms with E-state index in [1.54, 1.807) is 11.5 Å². The van der Waals surface area contributed by atoms with E-state index in [0.717, 1.165) is 29.2 Å². The third-order valence-electron chi connectivity index (χ3n) is 4.17. The predicted octanol–water partition coefficient (Wildman–Crippen LogP) is 2.19. The fourth-order valence-electron chi connectivity index (χ4n) is 2.80. The maximum absolute atomic E-state index is 4.55. The highest BCUT2D eigenvalue weighted by atomic mass is 32.1. The highest BCUT2D eigenvalue weighted by Gasteiger charge is 2.62. The predicted molar refractivity (Wildman–Crippen MR) is 62.3 cm³/mol. The smallest absolute Gasteiger partial charge is 0.205 e. The second-order valence-corrected chi connectivity index (χ2v) is 6.02. The first kappa shape index (κ1) is 9.58. The summed E-state index contributed by atoms with van der Waals surface area (Å²) in [5.41, 5.74) is 0.592. The Bertz CT molecular complexity index is 371. The van der Waals surface area contributed by atoms with Gasteiger partial charge in [-0.25, -0.2) is 4.98 Å². The number of aromatic nitrogens is 2. The minimum Gasteiger partial charge on any atom is -0.346 e. The molecule has 4 heteroatoms. The molecule has 0 aromatic carbocycles. The van der Waals surface area contributed by atoms with E-state index in [1.165, 1.54) is 13.1 Å². The van der Waals surface area contributed by atoms with Crippen LogP contribution in [0.3, 0.4) is 0 Å². The molecule has 2 heterocycles. The van der Waals surface area contributed by atoms with Crippen molar-refractivity contribution < 1.29 is 0 Å². The van der Waals surface area contributed by atoms with Gasteiger partial charge < -0.3 is 4.90 Å². The van der Waals surface area contributed by atoms with Crippen LogP contribution in [0.2, 0.25) is 0 Å². The van der Waals surface area contributed by atoms with Crippen molar-refractivity contribution in [2.75, 3.05) is 18.0 Å². The summed E-state index contributed by atoms with van der Waals surface area (Å²) in [5, 5.41) is 1.13. The van der Waals surface area contributed by atoms with Crippen LogP contribution in [0.25, 0.3) is 0 Å². The lowest BCUT2D eigenvalue weighted by atomic mass is 10.1. The van der Waals surface area contributed by atoms with E-state index < -0.39 is 0 Å². The van der Waals surface area contributed by atoms with Crippen LogP contribution in [0.1, 0.15) is 26.6 Å². The number of hydrogen-bond donors (Lipinski definition) is 0. The zero-order valence-corrected chi connectivity index (χ0v) is 10.3. The molecule has 3 rings (SSSR count). The fourth-order valence-corrected chi connectivity index (χ4v) is 3.57. The molecule has 2 atom stereocenters. The molecule has 0 amide bonds. The second-order valence-electron chi connectivity index (χ2n) is 5.29. The van der Waals surface area contributed by atoms with E-state index in [9.17, 15) is 0 Å². The standard InChI is InChI=1S/C11H17N3S/c1-4-9-12-10(15-13-9)14-5-7-8(6-14)11(7,2)3/h7-8H,4-6H2,1-3H3. The van der Waals surface area contributed by atoms with Gasteiger partial charge in [-0.1, -0.05) is 20.8 Å². The van der Waals surface area contributed by atoms with E-state index in [-0.39, 0.29) is 0 Å². The molecule has 1 aliphatic heterocycles. The van der Waals surface area contributed by atoms with Crippen molar-refractivity contribution in [3.8, 4) is 0 Å². The lowest BCUT2D eigenvalue weighted by molar-refractivity contribution is 0.499. The quantitative estimate of drug-likeness (QED) is 0.769. The summed E-state index contributed by atoms with van der Waals surface area (Å²) in [6, 6.07) is 0. The van der Waals surface area contributed by atoms with Gasteiger partial charge in [0.2, 0.25) is 5.13 Å². The molecule has 3 nitrogen and oxygen atoms in total. The molecule has 2 aliphatic rings. The molecule has 0 radical (unpaired) electrons. The van der Waals surface area contributed by atoms with Crippen LogP contribution < -0.4 is 4.90 Å². The molecule has 15 heavy (non-hydrogen) atoms. The molecule has 1 saturated heterocycles. The number of fused-ring (bicyclic) bond motifs is 1. The van der Waals surface area contributed by atoms with Crippen molar-refractivity contribution in [2.24, 2.45) is 17.3 Å². The number of aryl methyl sites for hydroxylation is 1. The average Bonchev–Trinajstić information content (AvgIpc) is 2.76. The fraction of sp³-hybridized carbons (Fsp3) is 0.818. The average molecular weight is 223 g/mol. The summed E-state index contributed by atoms with van der Waals surface area (Å²) in [6.07, 6.45) is 0.947. The Morgan fingerprint density at radius 1 is 1.40 bits per heavy atom. The molecular weight excluding hydrogens is 206 g/mol. The van der Waals surface area contributed by atoms with Gasteiger partial charge in [-0.05, 0) is 17.3 Å². The molecule has 1 aromatic heterocycles. The van der Waals surface area contributed by atoms with Crippen LogP contribution in [0, 0.1) is 17.3 Å². The molecule has 0 spiro atoms. The zero-order chi connectivity index (χ0) is 10.6. The highest BCUT2D eigenvalue weighted by molar-refractivity contribution is 7.09. The van der Waals surface area contributed by atoms with Gasteiger partial charge in [0.15, 0.2) is 0 Å². The Hall–Kier alpha value is -0.640. The van der Waals surface area contributed by atoms with Crippen molar-refractivity contribution in [1.29, 1.82) is 0 Å². The van der Waals surface area contributed by atoms with Crippen LogP contribution >= 0.6 is 11.5 Å². The summed E-state index contributed by atoms with van der Waals surface area (Å²) in [4.78, 5) is 6.96. The van der Waals surface area contributed by atoms with Crippen molar-refractivity contribution in [3.05, 3.63) is 5.82 Å². The summed E-state index contributed by atoms with van der Waals surface area (Å²) in [5.74, 6) is 2.78. The monoisotopic (exact) mass is 223 g/mol. The van der Waals surface area contributed by atoms with E-state index in [4.69, 9.17) is 0 Å². The molecule has 2 fully saturated rings. The SMILES string of the molecule is CCc1nsc(N2CC3C(C2)C3(C)C)n1. The van der Waals surface area contributed by atoms with Crippen molar-refractivity contribution in [3.63, 3.8) is 0 Å². The van der Waals surface area contributed by atoms with Gasteiger partial charge in [-0.2, -0.15) is 4.37 Å². The highest BCUT2D eigenvalue weighted by Crippen LogP contribution is 2.62. The lowest BCUT2D eigenvalue weighted by Gasteiger charge is -2.20. The Kier molecular flexibility index (Phi) is 1.88. The number of nitrogens with zero attached hydrogens (tertiary/aromatic N) is 3. The van der Waals surface area contributed by atoms with E-state index in [0.29, 0.717) is 5.41 Å². The third kappa shape index (κ3) is 1.30. The van der Waals surface area contributed by atoms with E-state index >= 15 is 0 Å². The van der Waals surface area contributed by atoms with Gasteiger partial charge in [-0.15, -0.1) is 0 Å². The van der Waals surface area contributed by atoms with Gasteiger partial charge >= 0.3 is 0 Å². The first-order valence-corrected chi connectivity index (χ1v) is 6.47. The van der Waals surface area contributed by atoms with E-state index in [2.05, 4.69) is 35.0 Å². The van der Waals surface area contributed by atoms with Gasteiger partial charge in [0.05, 0.1) is 0 Å². The van der Waals surface area contributed by atoms with Crippen LogP contribution in [0.5, 0.6) is 0 Å². The van der Waals surface area contributed by atoms with Crippen LogP contribution in [-0.4, -0.2) is 22.4 Å². The van der Waals surface area contributed by atoms with Crippen LogP contribution in [0.4, 0.5) is 5.13 Å². The van der Waals surface area contributed by atoms with E-state index in [1.807, 2.05) is 0 Å². The molecular formula is C11H17N3S. The van der Waals surface area contributed by atoms with Crippen molar-refractivity contribution in [2.45, 2.75) is 27.2 Å². The lowest BCUT2D eigenvalue weighted by Crippen LogP contribution is -2.25. The molecule has 1 aliphatic carbocycles. The second kappa shape index (κ2) is 2.94. The molecule has 1 aromatic rings. The minimum absolute atomic E-state index is 0.592. The maximum Gasteiger partial charge on any atom is 0.205 e. The van der Waals surface area contributed by atoms with Crippen molar-refractivity contribution in [1.82, 2.24) is 9.36 Å². The zero-order valence-electron chi connectivity index (χ0n) is 9.53.